The van der Waals surface area contributed by atoms with Crippen LogP contribution < -0.4 is 4.74 Å². The van der Waals surface area contributed by atoms with Crippen LogP contribution in [0.15, 0.2) is 24.4 Å². The summed E-state index contributed by atoms with van der Waals surface area (Å²) in [6.07, 6.45) is 3.87. The molecule has 18 heavy (non-hydrogen) atoms. The number of hydrogen-bond acceptors (Lipinski definition) is 3. The van der Waals surface area contributed by atoms with Crippen LogP contribution in [0.25, 0.3) is 11.3 Å². The predicted molar refractivity (Wildman–Crippen MR) is 71.0 cm³/mol. The van der Waals surface area contributed by atoms with Gasteiger partial charge in [0.25, 0.3) is 0 Å². The number of aromatic nitrogens is 2. The highest BCUT2D eigenvalue weighted by Crippen LogP contribution is 2.36. The number of fused-ring (bicyclic) bond motifs is 1. The van der Waals surface area contributed by atoms with Crippen molar-refractivity contribution in [3.8, 4) is 17.0 Å². The maximum Gasteiger partial charge on any atom is 0.222 e. The number of hydrogen-bond donors (Lipinski definition) is 0. The molecule has 0 spiro atoms. The fourth-order valence-corrected chi connectivity index (χ4v) is 2.40. The molecule has 3 rings (SSSR count). The highest BCUT2D eigenvalue weighted by atomic mass is 35.5. The van der Waals surface area contributed by atoms with Crippen molar-refractivity contribution in [2.24, 2.45) is 0 Å². The fourth-order valence-electron chi connectivity index (χ4n) is 2.27. The van der Waals surface area contributed by atoms with Crippen molar-refractivity contribution in [2.45, 2.75) is 19.8 Å². The SMILES string of the molecule is Cc1cnc(Cl)nc1-c1cccc2c1OCCC2. The number of aryl methyl sites for hydroxylation is 2. The Bertz CT molecular complexity index is 598. The van der Waals surface area contributed by atoms with E-state index in [1.165, 1.54) is 5.56 Å². The third-order valence-electron chi connectivity index (χ3n) is 3.13. The lowest BCUT2D eigenvalue weighted by atomic mass is 9.99. The summed E-state index contributed by atoms with van der Waals surface area (Å²) in [6.45, 7) is 2.75. The summed E-state index contributed by atoms with van der Waals surface area (Å²) in [5.41, 5.74) is 4.11. The van der Waals surface area contributed by atoms with E-state index in [0.717, 1.165) is 42.0 Å². The van der Waals surface area contributed by atoms with Gasteiger partial charge in [0.2, 0.25) is 5.28 Å². The summed E-state index contributed by atoms with van der Waals surface area (Å²) in [7, 11) is 0. The molecular formula is C14H13ClN2O. The molecule has 1 aromatic heterocycles. The Labute approximate surface area is 111 Å². The second-order valence-corrected chi connectivity index (χ2v) is 4.75. The molecule has 0 bridgehead atoms. The Hall–Kier alpha value is -1.61. The van der Waals surface area contributed by atoms with Crippen molar-refractivity contribution in [1.82, 2.24) is 9.97 Å². The molecule has 0 fully saturated rings. The van der Waals surface area contributed by atoms with Crippen molar-refractivity contribution in [3.63, 3.8) is 0 Å². The minimum absolute atomic E-state index is 0.268. The molecular weight excluding hydrogens is 248 g/mol. The van der Waals surface area contributed by atoms with Gasteiger partial charge in [0, 0.05) is 11.8 Å². The predicted octanol–water partition coefficient (Wildman–Crippen LogP) is 3.43. The molecule has 0 aliphatic carbocycles. The minimum atomic E-state index is 0.268. The molecule has 2 aromatic rings. The largest absolute Gasteiger partial charge is 0.493 e. The molecule has 1 aliphatic heterocycles. The van der Waals surface area contributed by atoms with E-state index in [1.807, 2.05) is 19.1 Å². The van der Waals surface area contributed by atoms with Crippen molar-refractivity contribution in [3.05, 3.63) is 40.8 Å². The number of nitrogens with zero attached hydrogens (tertiary/aromatic N) is 2. The van der Waals surface area contributed by atoms with Crippen LogP contribution in [-0.4, -0.2) is 16.6 Å². The normalized spacial score (nSPS) is 13.9. The lowest BCUT2D eigenvalue weighted by Gasteiger charge is -2.20. The number of ether oxygens (including phenoxy) is 1. The third kappa shape index (κ3) is 1.95. The highest BCUT2D eigenvalue weighted by Gasteiger charge is 2.17. The first-order valence-corrected chi connectivity index (χ1v) is 6.38. The minimum Gasteiger partial charge on any atom is -0.493 e. The van der Waals surface area contributed by atoms with Gasteiger partial charge in [0.05, 0.1) is 12.3 Å². The van der Waals surface area contributed by atoms with Gasteiger partial charge in [-0.25, -0.2) is 9.97 Å². The molecule has 0 radical (unpaired) electrons. The molecule has 0 N–H and O–H groups in total. The molecule has 1 aromatic carbocycles. The first-order chi connectivity index (χ1) is 8.75. The Morgan fingerprint density at radius 1 is 1.33 bits per heavy atom. The van der Waals surface area contributed by atoms with Crippen LogP contribution in [-0.2, 0) is 6.42 Å². The van der Waals surface area contributed by atoms with Gasteiger partial charge in [-0.1, -0.05) is 12.1 Å². The van der Waals surface area contributed by atoms with E-state index < -0.39 is 0 Å². The molecule has 0 amide bonds. The van der Waals surface area contributed by atoms with Gasteiger partial charge in [-0.15, -0.1) is 0 Å². The van der Waals surface area contributed by atoms with Crippen LogP contribution in [0.2, 0.25) is 5.28 Å². The van der Waals surface area contributed by atoms with Gasteiger partial charge in [-0.3, -0.25) is 0 Å². The highest BCUT2D eigenvalue weighted by molar-refractivity contribution is 6.28. The quantitative estimate of drug-likeness (QED) is 0.737. The Morgan fingerprint density at radius 3 is 3.11 bits per heavy atom. The summed E-state index contributed by atoms with van der Waals surface area (Å²) in [5.74, 6) is 0.946. The molecule has 1 aliphatic rings. The summed E-state index contributed by atoms with van der Waals surface area (Å²) in [4.78, 5) is 8.32. The Morgan fingerprint density at radius 2 is 2.22 bits per heavy atom. The maximum absolute atomic E-state index is 5.89. The molecule has 92 valence electrons. The summed E-state index contributed by atoms with van der Waals surface area (Å²) in [5, 5.41) is 0.268. The second kappa shape index (κ2) is 4.58. The van der Waals surface area contributed by atoms with Crippen LogP contribution in [0.3, 0.4) is 0 Å². The molecule has 0 saturated heterocycles. The van der Waals surface area contributed by atoms with Crippen molar-refractivity contribution < 1.29 is 4.74 Å². The van der Waals surface area contributed by atoms with Gasteiger partial charge >= 0.3 is 0 Å². The Kier molecular flexibility index (Phi) is 2.92. The van der Waals surface area contributed by atoms with E-state index in [2.05, 4.69) is 16.0 Å². The zero-order chi connectivity index (χ0) is 12.5. The number of rotatable bonds is 1. The number of halogens is 1. The molecule has 4 heteroatoms. The van der Waals surface area contributed by atoms with E-state index in [9.17, 15) is 0 Å². The van der Waals surface area contributed by atoms with Gasteiger partial charge in [-0.05, 0) is 48.6 Å². The molecule has 0 saturated carbocycles. The van der Waals surface area contributed by atoms with E-state index >= 15 is 0 Å². The average Bonchev–Trinajstić information content (AvgIpc) is 2.41. The monoisotopic (exact) mass is 260 g/mol. The molecule has 0 unspecified atom stereocenters. The average molecular weight is 261 g/mol. The van der Waals surface area contributed by atoms with E-state index in [0.29, 0.717) is 0 Å². The number of benzene rings is 1. The van der Waals surface area contributed by atoms with Gasteiger partial charge < -0.3 is 4.74 Å². The number of para-hydroxylation sites is 1. The van der Waals surface area contributed by atoms with Crippen molar-refractivity contribution >= 4 is 11.6 Å². The maximum atomic E-state index is 5.89. The second-order valence-electron chi connectivity index (χ2n) is 4.42. The molecule has 3 nitrogen and oxygen atoms in total. The van der Waals surface area contributed by atoms with Crippen molar-refractivity contribution in [1.29, 1.82) is 0 Å². The van der Waals surface area contributed by atoms with Crippen LogP contribution in [0, 0.1) is 6.92 Å². The zero-order valence-electron chi connectivity index (χ0n) is 10.1. The summed E-state index contributed by atoms with van der Waals surface area (Å²) >= 11 is 5.89. The van der Waals surface area contributed by atoms with Gasteiger partial charge in [0.1, 0.15) is 5.75 Å². The van der Waals surface area contributed by atoms with Crippen LogP contribution >= 0.6 is 11.6 Å². The van der Waals surface area contributed by atoms with Crippen LogP contribution in [0.1, 0.15) is 17.5 Å². The van der Waals surface area contributed by atoms with Gasteiger partial charge in [0.15, 0.2) is 0 Å². The third-order valence-corrected chi connectivity index (χ3v) is 3.31. The Balaban J connectivity index is 2.19. The fraction of sp³-hybridized carbons (Fsp3) is 0.286. The first kappa shape index (κ1) is 11.5. The lowest BCUT2D eigenvalue weighted by Crippen LogP contribution is -2.09. The molecule has 2 heterocycles. The summed E-state index contributed by atoms with van der Waals surface area (Å²) in [6, 6.07) is 6.17. The van der Waals surface area contributed by atoms with E-state index in [4.69, 9.17) is 16.3 Å². The van der Waals surface area contributed by atoms with Gasteiger partial charge in [-0.2, -0.15) is 0 Å². The van der Waals surface area contributed by atoms with E-state index in [-0.39, 0.29) is 5.28 Å². The smallest absolute Gasteiger partial charge is 0.222 e. The first-order valence-electron chi connectivity index (χ1n) is 6.00. The van der Waals surface area contributed by atoms with Crippen molar-refractivity contribution in [2.75, 3.05) is 6.61 Å². The van der Waals surface area contributed by atoms with E-state index in [1.54, 1.807) is 6.20 Å². The lowest BCUT2D eigenvalue weighted by molar-refractivity contribution is 0.289. The van der Waals surface area contributed by atoms with Crippen LogP contribution in [0.4, 0.5) is 0 Å². The summed E-state index contributed by atoms with van der Waals surface area (Å²) < 4.78 is 5.80. The molecule has 0 atom stereocenters. The van der Waals surface area contributed by atoms with Crippen LogP contribution in [0.5, 0.6) is 5.75 Å². The zero-order valence-corrected chi connectivity index (χ0v) is 10.9. The topological polar surface area (TPSA) is 35.0 Å². The standard InChI is InChI=1S/C14H13ClN2O/c1-9-8-16-14(15)17-12(9)11-6-2-4-10-5-3-7-18-13(10)11/h2,4,6,8H,3,5,7H2,1H3.